The van der Waals surface area contributed by atoms with Gasteiger partial charge in [0, 0.05) is 11.1 Å². The molecule has 0 amide bonds. The van der Waals surface area contributed by atoms with E-state index in [4.69, 9.17) is 0 Å². The Kier molecular flexibility index (Phi) is 2.38. The van der Waals surface area contributed by atoms with Crippen LogP contribution in [0.1, 0.15) is 22.8 Å². The maximum Gasteiger partial charge on any atom is 0.159 e. The number of hydrogen-bond acceptors (Lipinski definition) is 1. The first kappa shape index (κ1) is 8.65. The Balaban J connectivity index is 3.22. The molecule has 0 saturated carbocycles. The van der Waals surface area contributed by atoms with E-state index in [9.17, 15) is 9.18 Å². The SMILES string of the molecule is C=Cc1cc(C(C)=O)ccc1F. The molecular formula is C10H9FO. The fraction of sp³-hybridized carbons (Fsp3) is 0.100. The van der Waals surface area contributed by atoms with Crippen molar-refractivity contribution in [2.24, 2.45) is 0 Å². The van der Waals surface area contributed by atoms with Gasteiger partial charge >= 0.3 is 0 Å². The Bertz CT molecular complexity index is 329. The summed E-state index contributed by atoms with van der Waals surface area (Å²) in [7, 11) is 0. The molecule has 0 N–H and O–H groups in total. The molecule has 0 aliphatic rings. The van der Waals surface area contributed by atoms with Crippen molar-refractivity contribution in [2.75, 3.05) is 0 Å². The minimum atomic E-state index is -0.352. The van der Waals surface area contributed by atoms with E-state index in [0.29, 0.717) is 11.1 Å². The molecule has 1 aromatic carbocycles. The molecule has 0 aliphatic carbocycles. The normalized spacial score (nSPS) is 9.50. The van der Waals surface area contributed by atoms with Crippen LogP contribution in [0.15, 0.2) is 24.8 Å². The van der Waals surface area contributed by atoms with Gasteiger partial charge in [-0.25, -0.2) is 4.39 Å². The average Bonchev–Trinajstić information content (AvgIpc) is 2.05. The van der Waals surface area contributed by atoms with Crippen molar-refractivity contribution in [3.05, 3.63) is 41.7 Å². The summed E-state index contributed by atoms with van der Waals surface area (Å²) in [5, 5.41) is 0. The van der Waals surface area contributed by atoms with E-state index in [1.807, 2.05) is 0 Å². The molecule has 12 heavy (non-hydrogen) atoms. The second-order valence-electron chi connectivity index (χ2n) is 2.50. The maximum absolute atomic E-state index is 12.9. The quantitative estimate of drug-likeness (QED) is 0.614. The predicted octanol–water partition coefficient (Wildman–Crippen LogP) is 2.67. The monoisotopic (exact) mass is 164 g/mol. The van der Waals surface area contributed by atoms with Gasteiger partial charge in [0.25, 0.3) is 0 Å². The highest BCUT2D eigenvalue weighted by molar-refractivity contribution is 5.94. The lowest BCUT2D eigenvalue weighted by atomic mass is 10.1. The van der Waals surface area contributed by atoms with Gasteiger partial charge in [-0.15, -0.1) is 0 Å². The number of rotatable bonds is 2. The largest absolute Gasteiger partial charge is 0.295 e. The minimum absolute atomic E-state index is 0.0712. The Morgan fingerprint density at radius 2 is 2.25 bits per heavy atom. The second kappa shape index (κ2) is 3.30. The van der Waals surface area contributed by atoms with Gasteiger partial charge in [0.05, 0.1) is 0 Å². The molecule has 0 saturated heterocycles. The van der Waals surface area contributed by atoms with Crippen LogP contribution in [0.4, 0.5) is 4.39 Å². The van der Waals surface area contributed by atoms with Crippen LogP contribution in [0.2, 0.25) is 0 Å². The molecule has 0 unspecified atom stereocenters. The summed E-state index contributed by atoms with van der Waals surface area (Å²) in [5.41, 5.74) is 0.869. The van der Waals surface area contributed by atoms with Gasteiger partial charge in [0.15, 0.2) is 5.78 Å². The zero-order chi connectivity index (χ0) is 9.14. The molecule has 0 spiro atoms. The predicted molar refractivity (Wildman–Crippen MR) is 46.5 cm³/mol. The van der Waals surface area contributed by atoms with Gasteiger partial charge in [-0.3, -0.25) is 4.79 Å². The lowest BCUT2D eigenvalue weighted by molar-refractivity contribution is 0.101. The van der Waals surface area contributed by atoms with Crippen molar-refractivity contribution in [1.82, 2.24) is 0 Å². The van der Waals surface area contributed by atoms with E-state index in [0.717, 1.165) is 0 Å². The lowest BCUT2D eigenvalue weighted by Crippen LogP contribution is -1.93. The van der Waals surface area contributed by atoms with Crippen molar-refractivity contribution < 1.29 is 9.18 Å². The smallest absolute Gasteiger partial charge is 0.159 e. The Labute approximate surface area is 70.5 Å². The molecule has 0 radical (unpaired) electrons. The fourth-order valence-corrected chi connectivity index (χ4v) is 0.919. The minimum Gasteiger partial charge on any atom is -0.295 e. The van der Waals surface area contributed by atoms with Crippen molar-refractivity contribution in [3.63, 3.8) is 0 Å². The summed E-state index contributed by atoms with van der Waals surface area (Å²) in [6, 6.07) is 4.23. The third kappa shape index (κ3) is 1.59. The van der Waals surface area contributed by atoms with Gasteiger partial charge < -0.3 is 0 Å². The van der Waals surface area contributed by atoms with Crippen molar-refractivity contribution in [2.45, 2.75) is 6.92 Å². The maximum atomic E-state index is 12.9. The van der Waals surface area contributed by atoms with Gasteiger partial charge in [-0.05, 0) is 25.1 Å². The van der Waals surface area contributed by atoms with E-state index in [1.54, 1.807) is 0 Å². The fourth-order valence-electron chi connectivity index (χ4n) is 0.919. The number of carbonyl (C=O) groups excluding carboxylic acids is 1. The molecule has 1 rings (SSSR count). The Morgan fingerprint density at radius 3 is 2.75 bits per heavy atom. The Hall–Kier alpha value is -1.44. The zero-order valence-corrected chi connectivity index (χ0v) is 6.80. The van der Waals surface area contributed by atoms with Crippen LogP contribution in [0.5, 0.6) is 0 Å². The first-order valence-corrected chi connectivity index (χ1v) is 3.58. The van der Waals surface area contributed by atoms with Crippen LogP contribution >= 0.6 is 0 Å². The molecule has 2 heteroatoms. The molecule has 62 valence electrons. The lowest BCUT2D eigenvalue weighted by Gasteiger charge is -1.98. The first-order chi connectivity index (χ1) is 5.65. The molecule has 0 aliphatic heterocycles. The average molecular weight is 164 g/mol. The summed E-state index contributed by atoms with van der Waals surface area (Å²) in [4.78, 5) is 10.9. The number of halogens is 1. The van der Waals surface area contributed by atoms with Crippen LogP contribution < -0.4 is 0 Å². The van der Waals surface area contributed by atoms with E-state index >= 15 is 0 Å². The zero-order valence-electron chi connectivity index (χ0n) is 6.80. The molecular weight excluding hydrogens is 155 g/mol. The van der Waals surface area contributed by atoms with Gasteiger partial charge in [0.1, 0.15) is 5.82 Å². The van der Waals surface area contributed by atoms with E-state index in [2.05, 4.69) is 6.58 Å². The summed E-state index contributed by atoms with van der Waals surface area (Å²) < 4.78 is 12.9. The molecule has 0 fully saturated rings. The third-order valence-electron chi connectivity index (χ3n) is 1.62. The third-order valence-corrected chi connectivity index (χ3v) is 1.62. The highest BCUT2D eigenvalue weighted by Gasteiger charge is 2.02. The van der Waals surface area contributed by atoms with Crippen molar-refractivity contribution >= 4 is 11.9 Å². The highest BCUT2D eigenvalue weighted by atomic mass is 19.1. The summed E-state index contributed by atoms with van der Waals surface area (Å²) in [5.74, 6) is -0.423. The molecule has 0 aromatic heterocycles. The van der Waals surface area contributed by atoms with E-state index in [-0.39, 0.29) is 11.6 Å². The molecule has 1 nitrogen and oxygen atoms in total. The van der Waals surface area contributed by atoms with E-state index < -0.39 is 0 Å². The van der Waals surface area contributed by atoms with Crippen LogP contribution in [0.25, 0.3) is 6.08 Å². The van der Waals surface area contributed by atoms with Crippen LogP contribution in [-0.2, 0) is 0 Å². The van der Waals surface area contributed by atoms with Crippen LogP contribution in [-0.4, -0.2) is 5.78 Å². The number of ketones is 1. The van der Waals surface area contributed by atoms with Crippen molar-refractivity contribution in [3.8, 4) is 0 Å². The standard InChI is InChI=1S/C10H9FO/c1-3-8-6-9(7(2)12)4-5-10(8)11/h3-6H,1H2,2H3. The van der Waals surface area contributed by atoms with Crippen molar-refractivity contribution in [1.29, 1.82) is 0 Å². The Morgan fingerprint density at radius 1 is 1.58 bits per heavy atom. The second-order valence-corrected chi connectivity index (χ2v) is 2.50. The van der Waals surface area contributed by atoms with Crippen LogP contribution in [0, 0.1) is 5.82 Å². The van der Waals surface area contributed by atoms with Gasteiger partial charge in [0.2, 0.25) is 0 Å². The number of Topliss-reactive ketones (excluding diaryl/α,β-unsaturated/α-hetero) is 1. The topological polar surface area (TPSA) is 17.1 Å². The molecule has 1 aromatic rings. The number of hydrogen-bond donors (Lipinski definition) is 0. The molecule has 0 bridgehead atoms. The summed E-state index contributed by atoms with van der Waals surface area (Å²) in [6.07, 6.45) is 1.39. The number of benzene rings is 1. The summed E-state index contributed by atoms with van der Waals surface area (Å²) in [6.45, 7) is 4.89. The molecule has 0 atom stereocenters. The number of carbonyl (C=O) groups is 1. The van der Waals surface area contributed by atoms with Crippen LogP contribution in [0.3, 0.4) is 0 Å². The van der Waals surface area contributed by atoms with E-state index in [1.165, 1.54) is 31.2 Å². The first-order valence-electron chi connectivity index (χ1n) is 3.58. The van der Waals surface area contributed by atoms with Gasteiger partial charge in [-0.1, -0.05) is 12.7 Å². The highest BCUT2D eigenvalue weighted by Crippen LogP contribution is 2.11. The van der Waals surface area contributed by atoms with Gasteiger partial charge in [-0.2, -0.15) is 0 Å². The summed E-state index contributed by atoms with van der Waals surface area (Å²) >= 11 is 0. The molecule has 0 heterocycles.